The van der Waals surface area contributed by atoms with Gasteiger partial charge in [0.15, 0.2) is 0 Å². The molecule has 1 heterocycles. The molecule has 0 spiro atoms. The Morgan fingerprint density at radius 3 is 2.68 bits per heavy atom. The summed E-state index contributed by atoms with van der Waals surface area (Å²) in [6.07, 6.45) is 0.957. The Morgan fingerprint density at radius 1 is 1.37 bits per heavy atom. The number of halogens is 1. The quantitative estimate of drug-likeness (QED) is 0.837. The average molecular weight is 369 g/mol. The van der Waals surface area contributed by atoms with Gasteiger partial charge in [-0.05, 0) is 47.4 Å². The Hall–Kier alpha value is -1.04. The zero-order valence-electron chi connectivity index (χ0n) is 11.9. The molecule has 1 aromatic heterocycles. The largest absolute Gasteiger partial charge is 0.384 e. The summed E-state index contributed by atoms with van der Waals surface area (Å²) in [5.41, 5.74) is 10.8. The van der Waals surface area contributed by atoms with E-state index in [0.717, 1.165) is 17.9 Å². The lowest BCUT2D eigenvalue weighted by Crippen LogP contribution is -2.02. The van der Waals surface area contributed by atoms with Crippen LogP contribution in [0, 0.1) is 16.4 Å². The van der Waals surface area contributed by atoms with Crippen molar-refractivity contribution in [2.45, 2.75) is 27.2 Å². The second kappa shape index (κ2) is 5.53. The number of anilines is 1. The van der Waals surface area contributed by atoms with Gasteiger partial charge in [-0.1, -0.05) is 32.0 Å². The molecule has 0 amide bonds. The summed E-state index contributed by atoms with van der Waals surface area (Å²) in [6.45, 7) is 6.54. The first-order chi connectivity index (χ1) is 8.91. The Morgan fingerprint density at radius 2 is 2.05 bits per heavy atom. The number of nitrogens with zero attached hydrogens (tertiary/aromatic N) is 2. The molecule has 0 aliphatic rings. The third kappa shape index (κ3) is 2.78. The van der Waals surface area contributed by atoms with Crippen molar-refractivity contribution in [1.82, 2.24) is 9.78 Å². The van der Waals surface area contributed by atoms with Crippen LogP contribution in [0.1, 0.15) is 25.0 Å². The summed E-state index contributed by atoms with van der Waals surface area (Å²) >= 11 is 2.39. The highest BCUT2D eigenvalue weighted by Gasteiger charge is 2.18. The summed E-state index contributed by atoms with van der Waals surface area (Å²) in [4.78, 5) is 0. The van der Waals surface area contributed by atoms with Crippen LogP contribution in [0.5, 0.6) is 0 Å². The second-order valence-electron chi connectivity index (χ2n) is 5.37. The maximum atomic E-state index is 6.18. The van der Waals surface area contributed by atoms with Crippen LogP contribution in [0.4, 0.5) is 5.82 Å². The van der Waals surface area contributed by atoms with E-state index in [-0.39, 0.29) is 0 Å². The topological polar surface area (TPSA) is 43.8 Å². The number of nitrogen functional groups attached to an aromatic ring is 1. The van der Waals surface area contributed by atoms with Gasteiger partial charge < -0.3 is 5.73 Å². The predicted molar refractivity (Wildman–Crippen MR) is 89.1 cm³/mol. The summed E-state index contributed by atoms with van der Waals surface area (Å²) in [7, 11) is 1.91. The maximum Gasteiger partial charge on any atom is 0.125 e. The molecule has 1 aromatic carbocycles. The molecule has 3 nitrogen and oxygen atoms in total. The van der Waals surface area contributed by atoms with Crippen LogP contribution in [0.25, 0.3) is 11.3 Å². The van der Waals surface area contributed by atoms with Gasteiger partial charge in [-0.25, -0.2) is 0 Å². The van der Waals surface area contributed by atoms with Gasteiger partial charge in [-0.3, -0.25) is 4.68 Å². The molecule has 0 saturated carbocycles. The zero-order valence-corrected chi connectivity index (χ0v) is 14.0. The molecular weight excluding hydrogens is 349 g/mol. The number of nitrogens with two attached hydrogens (primary N) is 1. The minimum absolute atomic E-state index is 0.563. The first-order valence-corrected chi connectivity index (χ1v) is 7.56. The number of aryl methyl sites for hydroxylation is 2. The van der Waals surface area contributed by atoms with E-state index in [0.29, 0.717) is 5.92 Å². The van der Waals surface area contributed by atoms with Crippen molar-refractivity contribution < 1.29 is 0 Å². The van der Waals surface area contributed by atoms with Crippen LogP contribution >= 0.6 is 22.6 Å². The highest BCUT2D eigenvalue weighted by Crippen LogP contribution is 2.33. The van der Waals surface area contributed by atoms with Gasteiger partial charge in [0.25, 0.3) is 0 Å². The monoisotopic (exact) mass is 369 g/mol. The van der Waals surface area contributed by atoms with Crippen molar-refractivity contribution in [1.29, 1.82) is 0 Å². The molecule has 0 fully saturated rings. The molecule has 0 radical (unpaired) electrons. The number of aromatic nitrogens is 2. The van der Waals surface area contributed by atoms with Crippen LogP contribution in [-0.2, 0) is 13.5 Å². The summed E-state index contributed by atoms with van der Waals surface area (Å²) in [6, 6.07) is 6.33. The molecule has 102 valence electrons. The predicted octanol–water partition coefficient (Wildman–Crippen LogP) is 3.78. The van der Waals surface area contributed by atoms with E-state index in [1.807, 2.05) is 7.05 Å². The van der Waals surface area contributed by atoms with Gasteiger partial charge in [0, 0.05) is 21.7 Å². The van der Waals surface area contributed by atoms with E-state index in [1.54, 1.807) is 4.68 Å². The van der Waals surface area contributed by atoms with Crippen LogP contribution < -0.4 is 5.73 Å². The molecule has 2 rings (SSSR count). The lowest BCUT2D eigenvalue weighted by Gasteiger charge is -2.09. The van der Waals surface area contributed by atoms with Gasteiger partial charge in [0.2, 0.25) is 0 Å². The lowest BCUT2D eigenvalue weighted by atomic mass is 9.98. The number of benzene rings is 1. The smallest absolute Gasteiger partial charge is 0.125 e. The molecule has 0 unspecified atom stereocenters. The van der Waals surface area contributed by atoms with Gasteiger partial charge >= 0.3 is 0 Å². The molecule has 2 aromatic rings. The molecule has 0 atom stereocenters. The first kappa shape index (κ1) is 14.4. The van der Waals surface area contributed by atoms with E-state index in [4.69, 9.17) is 5.73 Å². The Bertz CT molecular complexity index is 600. The van der Waals surface area contributed by atoms with Crippen molar-refractivity contribution in [3.05, 3.63) is 32.9 Å². The average Bonchev–Trinajstić information content (AvgIpc) is 2.60. The maximum absolute atomic E-state index is 6.18. The van der Waals surface area contributed by atoms with Crippen LogP contribution in [0.2, 0.25) is 0 Å². The summed E-state index contributed by atoms with van der Waals surface area (Å²) in [5.74, 6) is 1.34. The first-order valence-electron chi connectivity index (χ1n) is 6.48. The molecule has 0 aliphatic carbocycles. The Kier molecular flexibility index (Phi) is 4.18. The van der Waals surface area contributed by atoms with Crippen molar-refractivity contribution in [2.24, 2.45) is 13.0 Å². The third-order valence-corrected chi connectivity index (χ3v) is 4.68. The van der Waals surface area contributed by atoms with Crippen LogP contribution in [0.3, 0.4) is 0 Å². The zero-order chi connectivity index (χ0) is 14.2. The van der Waals surface area contributed by atoms with Crippen LogP contribution in [0.15, 0.2) is 18.2 Å². The fourth-order valence-electron chi connectivity index (χ4n) is 2.24. The van der Waals surface area contributed by atoms with E-state index in [2.05, 4.69) is 66.7 Å². The molecule has 0 bridgehead atoms. The van der Waals surface area contributed by atoms with Gasteiger partial charge in [0.05, 0.1) is 5.69 Å². The third-order valence-electron chi connectivity index (χ3n) is 3.25. The molecule has 0 saturated heterocycles. The normalized spacial score (nSPS) is 11.3. The van der Waals surface area contributed by atoms with E-state index < -0.39 is 0 Å². The van der Waals surface area contributed by atoms with Crippen LogP contribution in [-0.4, -0.2) is 9.78 Å². The van der Waals surface area contributed by atoms with E-state index in [9.17, 15) is 0 Å². The van der Waals surface area contributed by atoms with Gasteiger partial charge in [-0.2, -0.15) is 5.10 Å². The number of hydrogen-bond acceptors (Lipinski definition) is 2. The van der Waals surface area contributed by atoms with Gasteiger partial charge in [-0.15, -0.1) is 0 Å². The van der Waals surface area contributed by atoms with Crippen molar-refractivity contribution in [3.8, 4) is 11.3 Å². The minimum Gasteiger partial charge on any atom is -0.384 e. The summed E-state index contributed by atoms with van der Waals surface area (Å²) in [5, 5.41) is 4.62. The highest BCUT2D eigenvalue weighted by atomic mass is 127. The van der Waals surface area contributed by atoms with E-state index in [1.165, 1.54) is 20.3 Å². The second-order valence-corrected chi connectivity index (χ2v) is 6.45. The van der Waals surface area contributed by atoms with Crippen molar-refractivity contribution in [3.63, 3.8) is 0 Å². The van der Waals surface area contributed by atoms with Crippen molar-refractivity contribution in [2.75, 3.05) is 5.73 Å². The molecule has 0 aliphatic heterocycles. The van der Waals surface area contributed by atoms with E-state index >= 15 is 0 Å². The standard InChI is InChI=1S/C15H20IN3/c1-9(2)8-12-14(18-19(4)15(12)17)11-7-5-6-10(3)13(11)16/h5-7,9H,8,17H2,1-4H3. The molecule has 19 heavy (non-hydrogen) atoms. The molecule has 4 heteroatoms. The Balaban J connectivity index is 2.62. The SMILES string of the molecule is Cc1cccc(-c2nn(C)c(N)c2CC(C)C)c1I. The molecular formula is C15H20IN3. The number of hydrogen-bond donors (Lipinski definition) is 1. The number of rotatable bonds is 3. The molecule has 2 N–H and O–H groups in total. The lowest BCUT2D eigenvalue weighted by molar-refractivity contribution is 0.648. The highest BCUT2D eigenvalue weighted by molar-refractivity contribution is 14.1. The summed E-state index contributed by atoms with van der Waals surface area (Å²) < 4.78 is 3.04. The fraction of sp³-hybridized carbons (Fsp3) is 0.400. The van der Waals surface area contributed by atoms with Gasteiger partial charge in [0.1, 0.15) is 5.82 Å². The minimum atomic E-state index is 0.563. The van der Waals surface area contributed by atoms with Crippen molar-refractivity contribution >= 4 is 28.4 Å². The Labute approximate surface area is 128 Å². The fourth-order valence-corrected chi connectivity index (χ4v) is 2.85.